The van der Waals surface area contributed by atoms with Gasteiger partial charge in [-0.2, -0.15) is 0 Å². The Bertz CT molecular complexity index is 257. The number of aliphatic hydroxyl groups is 1. The summed E-state index contributed by atoms with van der Waals surface area (Å²) in [6.45, 7) is 0.755. The first kappa shape index (κ1) is 13.7. The molecule has 0 atom stereocenters. The fourth-order valence-electron chi connectivity index (χ4n) is 3.07. The fourth-order valence-corrected chi connectivity index (χ4v) is 3.07. The van der Waals surface area contributed by atoms with Crippen LogP contribution in [0.3, 0.4) is 0 Å². The summed E-state index contributed by atoms with van der Waals surface area (Å²) in [4.78, 5) is 11.7. The monoisotopic (exact) mass is 254 g/mol. The highest BCUT2D eigenvalue weighted by Gasteiger charge is 2.20. The average Bonchev–Trinajstić information content (AvgIpc) is 2.39. The van der Waals surface area contributed by atoms with Crippen molar-refractivity contribution < 1.29 is 9.90 Å². The van der Waals surface area contributed by atoms with Crippen molar-refractivity contribution in [3.05, 3.63) is 0 Å². The average molecular weight is 254 g/mol. The molecule has 0 aromatic carbocycles. The summed E-state index contributed by atoms with van der Waals surface area (Å²) in [5.41, 5.74) is 0. The van der Waals surface area contributed by atoms with Crippen molar-refractivity contribution >= 4 is 6.03 Å². The first-order valence-electron chi connectivity index (χ1n) is 7.46. The third-order valence-corrected chi connectivity index (χ3v) is 4.31. The van der Waals surface area contributed by atoms with Crippen molar-refractivity contribution in [3.63, 3.8) is 0 Å². The molecule has 0 unspecified atom stereocenters. The predicted octanol–water partition coefficient (Wildman–Crippen LogP) is 2.17. The molecular weight excluding hydrogens is 228 g/mol. The summed E-state index contributed by atoms with van der Waals surface area (Å²) in [7, 11) is 0. The van der Waals surface area contributed by atoms with Crippen LogP contribution in [-0.4, -0.2) is 29.8 Å². The van der Waals surface area contributed by atoms with Crippen LogP contribution in [0.1, 0.15) is 57.8 Å². The molecule has 0 aromatic heterocycles. The number of carbonyl (C=O) groups is 1. The molecule has 0 bridgehead atoms. The van der Waals surface area contributed by atoms with Crippen molar-refractivity contribution in [2.45, 2.75) is 69.9 Å². The Balaban J connectivity index is 1.59. The topological polar surface area (TPSA) is 61.4 Å². The summed E-state index contributed by atoms with van der Waals surface area (Å²) in [5.74, 6) is 0.547. The molecular formula is C14H26N2O2. The van der Waals surface area contributed by atoms with Gasteiger partial charge in [0.25, 0.3) is 0 Å². The molecule has 2 aliphatic rings. The van der Waals surface area contributed by atoms with Crippen molar-refractivity contribution in [2.24, 2.45) is 5.92 Å². The third kappa shape index (κ3) is 4.48. The van der Waals surface area contributed by atoms with Gasteiger partial charge < -0.3 is 15.7 Å². The number of hydrogen-bond donors (Lipinski definition) is 3. The molecule has 2 saturated carbocycles. The molecule has 3 N–H and O–H groups in total. The van der Waals surface area contributed by atoms with E-state index in [9.17, 15) is 9.90 Å². The molecule has 2 aliphatic carbocycles. The van der Waals surface area contributed by atoms with E-state index in [0.717, 1.165) is 45.1 Å². The van der Waals surface area contributed by atoms with E-state index in [1.165, 1.54) is 19.3 Å². The molecule has 0 saturated heterocycles. The van der Waals surface area contributed by atoms with Crippen LogP contribution in [0.25, 0.3) is 0 Å². The summed E-state index contributed by atoms with van der Waals surface area (Å²) < 4.78 is 0. The highest BCUT2D eigenvalue weighted by molar-refractivity contribution is 5.74. The van der Waals surface area contributed by atoms with Crippen molar-refractivity contribution in [1.82, 2.24) is 10.6 Å². The lowest BCUT2D eigenvalue weighted by atomic mass is 9.87. The van der Waals surface area contributed by atoms with Gasteiger partial charge in [0.2, 0.25) is 0 Å². The van der Waals surface area contributed by atoms with E-state index in [0.29, 0.717) is 12.0 Å². The van der Waals surface area contributed by atoms with E-state index in [4.69, 9.17) is 0 Å². The second-order valence-corrected chi connectivity index (χ2v) is 5.86. The Labute approximate surface area is 110 Å². The Kier molecular flexibility index (Phi) is 5.29. The quantitative estimate of drug-likeness (QED) is 0.723. The first-order valence-corrected chi connectivity index (χ1v) is 7.46. The SMILES string of the molecule is O=C(NCC1CCC(O)CC1)NC1CCCCC1. The van der Waals surface area contributed by atoms with Gasteiger partial charge in [-0.25, -0.2) is 4.79 Å². The molecule has 2 amide bonds. The summed E-state index contributed by atoms with van der Waals surface area (Å²) in [6.07, 6.45) is 9.77. The van der Waals surface area contributed by atoms with Gasteiger partial charge in [-0.15, -0.1) is 0 Å². The van der Waals surface area contributed by atoms with Crippen molar-refractivity contribution in [2.75, 3.05) is 6.54 Å². The molecule has 0 spiro atoms. The Morgan fingerprint density at radius 3 is 2.33 bits per heavy atom. The van der Waals surface area contributed by atoms with Gasteiger partial charge in [0.05, 0.1) is 6.10 Å². The number of urea groups is 1. The minimum absolute atomic E-state index is 0.00646. The maximum atomic E-state index is 11.7. The number of hydrogen-bond acceptors (Lipinski definition) is 2. The fraction of sp³-hybridized carbons (Fsp3) is 0.929. The number of rotatable bonds is 3. The van der Waals surface area contributed by atoms with E-state index in [1.807, 2.05) is 0 Å². The molecule has 104 valence electrons. The normalized spacial score (nSPS) is 29.8. The first-order chi connectivity index (χ1) is 8.74. The maximum Gasteiger partial charge on any atom is 0.315 e. The van der Waals surface area contributed by atoms with E-state index in [2.05, 4.69) is 10.6 Å². The zero-order valence-electron chi connectivity index (χ0n) is 11.2. The zero-order chi connectivity index (χ0) is 12.8. The van der Waals surface area contributed by atoms with E-state index in [-0.39, 0.29) is 12.1 Å². The number of carbonyl (C=O) groups excluding carboxylic acids is 1. The standard InChI is InChI=1S/C14H26N2O2/c17-13-8-6-11(7-9-13)10-15-14(18)16-12-4-2-1-3-5-12/h11-13,17H,1-10H2,(H2,15,16,18). The van der Waals surface area contributed by atoms with Gasteiger partial charge in [-0.3, -0.25) is 0 Å². The van der Waals surface area contributed by atoms with Gasteiger partial charge in [-0.05, 0) is 44.4 Å². The minimum Gasteiger partial charge on any atom is -0.393 e. The van der Waals surface area contributed by atoms with Crippen LogP contribution >= 0.6 is 0 Å². The van der Waals surface area contributed by atoms with E-state index in [1.54, 1.807) is 0 Å². The highest BCUT2D eigenvalue weighted by Crippen LogP contribution is 2.23. The maximum absolute atomic E-state index is 11.7. The van der Waals surface area contributed by atoms with Gasteiger partial charge in [-0.1, -0.05) is 19.3 Å². The third-order valence-electron chi connectivity index (χ3n) is 4.31. The largest absolute Gasteiger partial charge is 0.393 e. The van der Waals surface area contributed by atoms with E-state index >= 15 is 0 Å². The second kappa shape index (κ2) is 6.98. The lowest BCUT2D eigenvalue weighted by molar-refractivity contribution is 0.109. The Morgan fingerprint density at radius 2 is 1.67 bits per heavy atom. The summed E-state index contributed by atoms with van der Waals surface area (Å²) in [6, 6.07) is 0.375. The van der Waals surface area contributed by atoms with Crippen molar-refractivity contribution in [1.29, 1.82) is 0 Å². The molecule has 0 aliphatic heterocycles. The van der Waals surface area contributed by atoms with Gasteiger partial charge in [0, 0.05) is 12.6 Å². The van der Waals surface area contributed by atoms with Crippen LogP contribution < -0.4 is 10.6 Å². The zero-order valence-corrected chi connectivity index (χ0v) is 11.2. The molecule has 4 nitrogen and oxygen atoms in total. The van der Waals surface area contributed by atoms with E-state index < -0.39 is 0 Å². The molecule has 2 fully saturated rings. The van der Waals surface area contributed by atoms with Crippen LogP contribution in [0.5, 0.6) is 0 Å². The summed E-state index contributed by atoms with van der Waals surface area (Å²) >= 11 is 0. The number of aliphatic hydroxyl groups excluding tert-OH is 1. The van der Waals surface area contributed by atoms with Gasteiger partial charge >= 0.3 is 6.03 Å². The second-order valence-electron chi connectivity index (χ2n) is 5.86. The molecule has 18 heavy (non-hydrogen) atoms. The van der Waals surface area contributed by atoms with Crippen LogP contribution in [0, 0.1) is 5.92 Å². The Hall–Kier alpha value is -0.770. The minimum atomic E-state index is -0.114. The number of amides is 2. The lowest BCUT2D eigenvalue weighted by Gasteiger charge is -2.26. The summed E-state index contributed by atoms with van der Waals surface area (Å²) in [5, 5.41) is 15.5. The molecule has 2 rings (SSSR count). The van der Waals surface area contributed by atoms with Crippen molar-refractivity contribution in [3.8, 4) is 0 Å². The highest BCUT2D eigenvalue weighted by atomic mass is 16.3. The Morgan fingerprint density at radius 1 is 1.00 bits per heavy atom. The molecule has 4 heteroatoms. The van der Waals surface area contributed by atoms with Crippen LogP contribution in [0.2, 0.25) is 0 Å². The van der Waals surface area contributed by atoms with Crippen LogP contribution in [0.4, 0.5) is 4.79 Å². The molecule has 0 radical (unpaired) electrons. The smallest absolute Gasteiger partial charge is 0.315 e. The van der Waals surface area contributed by atoms with Gasteiger partial charge in [0.1, 0.15) is 0 Å². The molecule has 0 heterocycles. The van der Waals surface area contributed by atoms with Crippen LogP contribution in [0.15, 0.2) is 0 Å². The lowest BCUT2D eigenvalue weighted by Crippen LogP contribution is -2.44. The van der Waals surface area contributed by atoms with Crippen LogP contribution in [-0.2, 0) is 0 Å². The van der Waals surface area contributed by atoms with Gasteiger partial charge in [0.15, 0.2) is 0 Å². The predicted molar refractivity (Wildman–Crippen MR) is 71.4 cm³/mol. The number of nitrogens with one attached hydrogen (secondary N) is 2. The molecule has 0 aromatic rings.